The Morgan fingerprint density at radius 3 is 2.72 bits per heavy atom. The number of nitrogens with one attached hydrogen (secondary N) is 1. The minimum atomic E-state index is -0.235. The lowest BCUT2D eigenvalue weighted by Crippen LogP contribution is -2.39. The molecule has 6 nitrogen and oxygen atoms in total. The second-order valence-corrected chi connectivity index (χ2v) is 8.68. The third-order valence-electron chi connectivity index (χ3n) is 6.89. The Kier molecular flexibility index (Phi) is 4.30. The van der Waals surface area contributed by atoms with Crippen molar-refractivity contribution in [2.45, 2.75) is 45.2 Å². The number of anilines is 1. The van der Waals surface area contributed by atoms with Gasteiger partial charge < -0.3 is 16.0 Å². The molecule has 6 heteroatoms. The predicted octanol–water partition coefficient (Wildman–Crippen LogP) is 2.67. The number of nitrogens with two attached hydrogens (primary N) is 1. The summed E-state index contributed by atoms with van der Waals surface area (Å²) in [5.41, 5.74) is 9.66. The molecule has 1 aromatic heterocycles. The molecular formula is C23H26N4O2. The summed E-state index contributed by atoms with van der Waals surface area (Å²) in [5, 5.41) is 2.91. The smallest absolute Gasteiger partial charge is 0.255 e. The van der Waals surface area contributed by atoms with Crippen molar-refractivity contribution in [2.75, 3.05) is 12.3 Å². The zero-order valence-electron chi connectivity index (χ0n) is 16.5. The lowest BCUT2D eigenvalue weighted by atomic mass is 9.79. The molecule has 150 valence electrons. The fraction of sp³-hybridized carbons (Fsp3) is 0.435. The number of nitrogen functional groups attached to an aromatic ring is 1. The zero-order valence-corrected chi connectivity index (χ0v) is 16.5. The average molecular weight is 390 g/mol. The molecule has 1 spiro atoms. The number of amides is 2. The van der Waals surface area contributed by atoms with E-state index in [2.05, 4.69) is 10.3 Å². The number of pyridine rings is 1. The van der Waals surface area contributed by atoms with Crippen LogP contribution in [0.15, 0.2) is 36.4 Å². The number of hydrogen-bond donors (Lipinski definition) is 2. The summed E-state index contributed by atoms with van der Waals surface area (Å²) in [6.07, 6.45) is 5.42. The molecule has 1 atom stereocenters. The van der Waals surface area contributed by atoms with Crippen molar-refractivity contribution in [1.29, 1.82) is 0 Å². The lowest BCUT2D eigenvalue weighted by Gasteiger charge is -2.32. The van der Waals surface area contributed by atoms with Crippen LogP contribution in [-0.2, 0) is 24.3 Å². The van der Waals surface area contributed by atoms with Gasteiger partial charge in [-0.1, -0.05) is 36.8 Å². The molecule has 0 unspecified atom stereocenters. The van der Waals surface area contributed by atoms with Crippen LogP contribution in [0.25, 0.3) is 0 Å². The van der Waals surface area contributed by atoms with Gasteiger partial charge >= 0.3 is 0 Å². The molecule has 5 rings (SSSR count). The van der Waals surface area contributed by atoms with Crippen molar-refractivity contribution in [3.05, 3.63) is 58.8 Å². The average Bonchev–Trinajstić information content (AvgIpc) is 3.48. The van der Waals surface area contributed by atoms with Crippen LogP contribution in [0, 0.1) is 11.3 Å². The van der Waals surface area contributed by atoms with Gasteiger partial charge in [-0.25, -0.2) is 4.98 Å². The molecule has 2 amide bonds. The summed E-state index contributed by atoms with van der Waals surface area (Å²) in [4.78, 5) is 32.0. The minimum absolute atomic E-state index is 0.216. The lowest BCUT2D eigenvalue weighted by molar-refractivity contribution is -0.134. The van der Waals surface area contributed by atoms with E-state index in [4.69, 9.17) is 5.73 Å². The number of benzene rings is 1. The summed E-state index contributed by atoms with van der Waals surface area (Å²) in [7, 11) is 0. The van der Waals surface area contributed by atoms with E-state index >= 15 is 0 Å². The van der Waals surface area contributed by atoms with Crippen LogP contribution in [0.4, 0.5) is 5.82 Å². The van der Waals surface area contributed by atoms with E-state index in [1.807, 2.05) is 41.3 Å². The van der Waals surface area contributed by atoms with Gasteiger partial charge in [0.25, 0.3) is 5.91 Å². The van der Waals surface area contributed by atoms with Crippen molar-refractivity contribution in [3.8, 4) is 0 Å². The summed E-state index contributed by atoms with van der Waals surface area (Å²) in [5.74, 6) is 0.515. The number of nitrogens with zero attached hydrogens (tertiary/aromatic N) is 2. The van der Waals surface area contributed by atoms with Crippen molar-refractivity contribution in [2.24, 2.45) is 11.3 Å². The van der Waals surface area contributed by atoms with E-state index in [1.54, 1.807) is 0 Å². The molecule has 2 saturated carbocycles. The first kappa shape index (κ1) is 18.2. The van der Waals surface area contributed by atoms with Gasteiger partial charge in [0, 0.05) is 37.7 Å². The second kappa shape index (κ2) is 6.87. The van der Waals surface area contributed by atoms with Gasteiger partial charge in [-0.15, -0.1) is 0 Å². The van der Waals surface area contributed by atoms with E-state index in [0.717, 1.165) is 23.2 Å². The Labute approximate surface area is 170 Å². The van der Waals surface area contributed by atoms with E-state index in [-0.39, 0.29) is 23.6 Å². The maximum Gasteiger partial charge on any atom is 0.255 e. The second-order valence-electron chi connectivity index (χ2n) is 8.68. The van der Waals surface area contributed by atoms with Gasteiger partial charge in [-0.05, 0) is 41.9 Å². The van der Waals surface area contributed by atoms with Gasteiger partial charge in [-0.2, -0.15) is 0 Å². The molecule has 3 N–H and O–H groups in total. The van der Waals surface area contributed by atoms with E-state index in [0.29, 0.717) is 37.0 Å². The number of fused-ring (bicyclic) bond motifs is 1. The van der Waals surface area contributed by atoms with Crippen LogP contribution < -0.4 is 11.1 Å². The predicted molar refractivity (Wildman–Crippen MR) is 110 cm³/mol. The Bertz CT molecular complexity index is 968. The van der Waals surface area contributed by atoms with E-state index in [9.17, 15) is 9.59 Å². The normalized spacial score (nSPS) is 21.2. The quantitative estimate of drug-likeness (QED) is 0.840. The van der Waals surface area contributed by atoms with Crippen LogP contribution in [0.3, 0.4) is 0 Å². The summed E-state index contributed by atoms with van der Waals surface area (Å²) in [6, 6.07) is 11.6. The standard InChI is InChI=1S/C23H26N4O2/c24-20-17(21(28)25-13-15-5-2-1-3-6-15)11-16-14-27(10-7-19(16)26-20)22(29)18-12-23(18)8-4-9-23/h1-3,5-6,11,18H,4,7-10,12-14H2,(H2,24,26)(H,25,28)/t18-/m0/s1. The van der Waals surface area contributed by atoms with Gasteiger partial charge in [0.15, 0.2) is 0 Å². The Morgan fingerprint density at radius 1 is 1.24 bits per heavy atom. The summed E-state index contributed by atoms with van der Waals surface area (Å²) < 4.78 is 0. The number of aromatic nitrogens is 1. The fourth-order valence-electron chi connectivity index (χ4n) is 4.83. The maximum atomic E-state index is 12.9. The molecule has 1 aromatic carbocycles. The van der Waals surface area contributed by atoms with Crippen molar-refractivity contribution < 1.29 is 9.59 Å². The molecular weight excluding hydrogens is 364 g/mol. The highest BCUT2D eigenvalue weighted by Gasteiger charge is 2.61. The monoisotopic (exact) mass is 390 g/mol. The first-order valence-corrected chi connectivity index (χ1v) is 10.4. The molecule has 2 heterocycles. The maximum absolute atomic E-state index is 12.9. The molecule has 1 aliphatic heterocycles. The van der Waals surface area contributed by atoms with Crippen LogP contribution in [0.2, 0.25) is 0 Å². The minimum Gasteiger partial charge on any atom is -0.383 e. The highest BCUT2D eigenvalue weighted by Crippen LogP contribution is 2.66. The Hall–Kier alpha value is -2.89. The first-order chi connectivity index (χ1) is 14.1. The SMILES string of the molecule is Nc1nc2c(cc1C(=O)NCc1ccccc1)CN(C(=O)[C@@H]1CC13CCC3)CC2. The Balaban J connectivity index is 1.29. The number of carbonyl (C=O) groups is 2. The first-order valence-electron chi connectivity index (χ1n) is 10.4. The highest BCUT2D eigenvalue weighted by molar-refractivity contribution is 5.98. The van der Waals surface area contributed by atoms with Crippen LogP contribution in [0.5, 0.6) is 0 Å². The molecule has 2 aliphatic carbocycles. The fourth-order valence-corrected chi connectivity index (χ4v) is 4.83. The van der Waals surface area contributed by atoms with Gasteiger partial charge in [0.05, 0.1) is 5.56 Å². The molecule has 29 heavy (non-hydrogen) atoms. The van der Waals surface area contributed by atoms with Crippen LogP contribution in [0.1, 0.15) is 52.9 Å². The van der Waals surface area contributed by atoms with E-state index < -0.39 is 0 Å². The molecule has 2 fully saturated rings. The third-order valence-corrected chi connectivity index (χ3v) is 6.89. The largest absolute Gasteiger partial charge is 0.383 e. The topological polar surface area (TPSA) is 88.3 Å². The molecule has 0 bridgehead atoms. The Morgan fingerprint density at radius 2 is 2.03 bits per heavy atom. The van der Waals surface area contributed by atoms with Gasteiger partial charge in [-0.3, -0.25) is 9.59 Å². The number of rotatable bonds is 4. The third kappa shape index (κ3) is 3.26. The van der Waals surface area contributed by atoms with E-state index in [1.165, 1.54) is 19.3 Å². The van der Waals surface area contributed by atoms with Gasteiger partial charge in [0.2, 0.25) is 5.91 Å². The molecule has 2 aromatic rings. The molecule has 3 aliphatic rings. The van der Waals surface area contributed by atoms with Crippen molar-refractivity contribution in [3.63, 3.8) is 0 Å². The molecule has 0 saturated heterocycles. The number of hydrogen-bond acceptors (Lipinski definition) is 4. The van der Waals surface area contributed by atoms with Crippen molar-refractivity contribution in [1.82, 2.24) is 15.2 Å². The van der Waals surface area contributed by atoms with Crippen LogP contribution >= 0.6 is 0 Å². The van der Waals surface area contributed by atoms with Crippen molar-refractivity contribution >= 4 is 17.6 Å². The van der Waals surface area contributed by atoms with Crippen LogP contribution in [-0.4, -0.2) is 28.2 Å². The van der Waals surface area contributed by atoms with Gasteiger partial charge in [0.1, 0.15) is 5.82 Å². The zero-order chi connectivity index (χ0) is 20.0. The summed E-state index contributed by atoms with van der Waals surface area (Å²) >= 11 is 0. The highest BCUT2D eigenvalue weighted by atomic mass is 16.2. The molecule has 0 radical (unpaired) electrons. The number of carbonyl (C=O) groups excluding carboxylic acids is 2. The summed E-state index contributed by atoms with van der Waals surface area (Å²) in [6.45, 7) is 1.64.